The summed E-state index contributed by atoms with van der Waals surface area (Å²) >= 11 is 0. The van der Waals surface area contributed by atoms with E-state index in [1.807, 2.05) is 6.08 Å². The van der Waals surface area contributed by atoms with Gasteiger partial charge < -0.3 is 4.57 Å². The van der Waals surface area contributed by atoms with Crippen molar-refractivity contribution in [3.63, 3.8) is 0 Å². The van der Waals surface area contributed by atoms with Crippen LogP contribution in [0.15, 0.2) is 189 Å². The first-order valence-electron chi connectivity index (χ1n) is 19.0. The summed E-state index contributed by atoms with van der Waals surface area (Å²) in [6, 6.07) is 63.5. The molecular formula is C53H38N2. The molecule has 2 aromatic heterocycles. The molecule has 0 amide bonds. The van der Waals surface area contributed by atoms with Crippen LogP contribution in [0.25, 0.3) is 93.8 Å². The molecule has 0 atom stereocenters. The van der Waals surface area contributed by atoms with Gasteiger partial charge in [0.05, 0.1) is 16.6 Å². The van der Waals surface area contributed by atoms with Crippen LogP contribution >= 0.6 is 0 Å². The normalized spacial score (nSPS) is 12.0. The lowest BCUT2D eigenvalue weighted by molar-refractivity contribution is 1.05. The van der Waals surface area contributed by atoms with Crippen molar-refractivity contribution in [2.24, 2.45) is 0 Å². The van der Waals surface area contributed by atoms with Crippen LogP contribution in [-0.4, -0.2) is 9.55 Å². The van der Waals surface area contributed by atoms with Crippen molar-refractivity contribution in [2.75, 3.05) is 0 Å². The number of nitrogens with zero attached hydrogens (tertiary/aromatic N) is 2. The third kappa shape index (κ3) is 5.54. The van der Waals surface area contributed by atoms with E-state index in [2.05, 4.69) is 200 Å². The highest BCUT2D eigenvalue weighted by Crippen LogP contribution is 2.41. The minimum Gasteiger partial charge on any atom is -0.313 e. The van der Waals surface area contributed by atoms with Crippen molar-refractivity contribution in [3.05, 3.63) is 205 Å². The fourth-order valence-electron chi connectivity index (χ4n) is 8.51. The number of fused-ring (bicyclic) bond motifs is 7. The Morgan fingerprint density at radius 3 is 1.76 bits per heavy atom. The number of benzene rings is 8. The number of pyridine rings is 1. The average Bonchev–Trinajstić information content (AvgIpc) is 3.52. The van der Waals surface area contributed by atoms with Gasteiger partial charge in [-0.2, -0.15) is 0 Å². The molecule has 260 valence electrons. The van der Waals surface area contributed by atoms with E-state index in [-0.39, 0.29) is 0 Å². The Hall–Kier alpha value is -7.03. The summed E-state index contributed by atoms with van der Waals surface area (Å²) in [7, 11) is 0. The summed E-state index contributed by atoms with van der Waals surface area (Å²) in [5, 5.41) is 8.28. The van der Waals surface area contributed by atoms with Crippen molar-refractivity contribution in [1.82, 2.24) is 9.55 Å². The van der Waals surface area contributed by atoms with Crippen molar-refractivity contribution >= 4 is 65.9 Å². The first kappa shape index (κ1) is 32.6. The third-order valence-corrected chi connectivity index (χ3v) is 11.2. The topological polar surface area (TPSA) is 17.8 Å². The second-order valence-corrected chi connectivity index (χ2v) is 14.4. The van der Waals surface area contributed by atoms with E-state index in [0.29, 0.717) is 0 Å². The van der Waals surface area contributed by atoms with Crippen LogP contribution in [0, 0.1) is 6.92 Å². The van der Waals surface area contributed by atoms with E-state index >= 15 is 0 Å². The molecule has 0 N–H and O–H groups in total. The van der Waals surface area contributed by atoms with Crippen LogP contribution in [0.4, 0.5) is 0 Å². The molecule has 2 heteroatoms. The molecule has 0 unspecified atom stereocenters. The Balaban J connectivity index is 1.19. The zero-order valence-electron chi connectivity index (χ0n) is 30.7. The van der Waals surface area contributed by atoms with Crippen molar-refractivity contribution < 1.29 is 0 Å². The van der Waals surface area contributed by atoms with E-state index in [0.717, 1.165) is 33.9 Å². The monoisotopic (exact) mass is 702 g/mol. The summed E-state index contributed by atoms with van der Waals surface area (Å²) in [5.41, 5.74) is 14.1. The van der Waals surface area contributed by atoms with Crippen molar-refractivity contribution in [1.29, 1.82) is 0 Å². The van der Waals surface area contributed by atoms with E-state index < -0.39 is 0 Å². The molecule has 55 heavy (non-hydrogen) atoms. The molecule has 0 radical (unpaired) electrons. The Morgan fingerprint density at radius 1 is 0.545 bits per heavy atom. The van der Waals surface area contributed by atoms with Gasteiger partial charge in [-0.25, -0.2) is 4.98 Å². The lowest BCUT2D eigenvalue weighted by Gasteiger charge is -2.16. The standard InChI is InChI=1S/C53H38N2/c1-3-14-41(36-15-6-4-7-16-36)33-48-35(2)55(50-32-27-42(34-49(48)50)37-17-8-5-9-18-37)43-28-23-40(24-29-43)51-46-30-25-38-19-10-12-21-44(38)52(46)54-53-45-22-13-11-20-39(45)26-31-47(51)53/h3-13,15-34H,1,14H2,2H3/b41-33+. The van der Waals surface area contributed by atoms with Crippen LogP contribution in [0.3, 0.4) is 0 Å². The molecule has 10 rings (SSSR count). The van der Waals surface area contributed by atoms with Gasteiger partial charge >= 0.3 is 0 Å². The second kappa shape index (κ2) is 13.4. The number of hydrogen-bond donors (Lipinski definition) is 0. The van der Waals surface area contributed by atoms with Gasteiger partial charge in [0.25, 0.3) is 0 Å². The molecule has 0 aliphatic heterocycles. The first-order chi connectivity index (χ1) is 27.2. The van der Waals surface area contributed by atoms with E-state index in [4.69, 9.17) is 4.98 Å². The molecule has 8 aromatic carbocycles. The number of rotatable bonds is 7. The minimum absolute atomic E-state index is 0.779. The average molecular weight is 703 g/mol. The number of aromatic nitrogens is 2. The van der Waals surface area contributed by atoms with Crippen LogP contribution in [-0.2, 0) is 0 Å². The van der Waals surface area contributed by atoms with Crippen molar-refractivity contribution in [2.45, 2.75) is 13.3 Å². The van der Waals surface area contributed by atoms with Crippen LogP contribution in [0.5, 0.6) is 0 Å². The Morgan fingerprint density at radius 2 is 1.13 bits per heavy atom. The summed E-state index contributed by atoms with van der Waals surface area (Å²) in [4.78, 5) is 5.41. The lowest BCUT2D eigenvalue weighted by Crippen LogP contribution is -1.97. The Labute approximate surface area is 321 Å². The van der Waals surface area contributed by atoms with Gasteiger partial charge in [0.2, 0.25) is 0 Å². The maximum Gasteiger partial charge on any atom is 0.0794 e. The Kier molecular flexibility index (Phi) is 7.96. The van der Waals surface area contributed by atoms with Gasteiger partial charge in [0, 0.05) is 49.4 Å². The highest BCUT2D eigenvalue weighted by molar-refractivity contribution is 6.21. The number of allylic oxidation sites excluding steroid dienone is 2. The van der Waals surface area contributed by atoms with Gasteiger partial charge in [0.15, 0.2) is 0 Å². The molecule has 0 aliphatic rings. The first-order valence-corrected chi connectivity index (χ1v) is 19.0. The summed E-state index contributed by atoms with van der Waals surface area (Å²) in [6.07, 6.45) is 5.15. The molecular weight excluding hydrogens is 665 g/mol. The van der Waals surface area contributed by atoms with Crippen molar-refractivity contribution in [3.8, 4) is 27.9 Å². The van der Waals surface area contributed by atoms with Crippen LogP contribution < -0.4 is 0 Å². The zero-order chi connectivity index (χ0) is 36.9. The molecule has 0 bridgehead atoms. The van der Waals surface area contributed by atoms with Gasteiger partial charge in [-0.15, -0.1) is 6.58 Å². The zero-order valence-corrected chi connectivity index (χ0v) is 30.7. The molecule has 10 aromatic rings. The third-order valence-electron chi connectivity index (χ3n) is 11.2. The number of hydrogen-bond acceptors (Lipinski definition) is 1. The molecule has 0 spiro atoms. The minimum atomic E-state index is 0.779. The SMILES string of the molecule is C=CC/C(=C\c1c(C)n(-c2ccc(-c3c4ccc5ccccc5c4nc4c3ccc3ccccc34)cc2)c2ccc(-c3ccccc3)cc12)c1ccccc1. The fraction of sp³-hybridized carbons (Fsp3) is 0.0377. The predicted octanol–water partition coefficient (Wildman–Crippen LogP) is 14.4. The summed E-state index contributed by atoms with van der Waals surface area (Å²) < 4.78 is 2.42. The fourth-order valence-corrected chi connectivity index (χ4v) is 8.51. The summed E-state index contributed by atoms with van der Waals surface area (Å²) in [6.45, 7) is 6.36. The molecule has 0 saturated carbocycles. The molecule has 0 aliphatic carbocycles. The van der Waals surface area contributed by atoms with Gasteiger partial charge in [-0.3, -0.25) is 0 Å². The van der Waals surface area contributed by atoms with E-state index in [1.165, 1.54) is 77.1 Å². The van der Waals surface area contributed by atoms with E-state index in [9.17, 15) is 0 Å². The van der Waals surface area contributed by atoms with Gasteiger partial charge in [-0.1, -0.05) is 158 Å². The highest BCUT2D eigenvalue weighted by Gasteiger charge is 2.19. The predicted molar refractivity (Wildman–Crippen MR) is 236 cm³/mol. The Bertz CT molecular complexity index is 3020. The van der Waals surface area contributed by atoms with Crippen LogP contribution in [0.2, 0.25) is 0 Å². The van der Waals surface area contributed by atoms with Gasteiger partial charge in [-0.05, 0) is 82.3 Å². The molecule has 0 fully saturated rings. The lowest BCUT2D eigenvalue weighted by atomic mass is 9.92. The summed E-state index contributed by atoms with van der Waals surface area (Å²) in [5.74, 6) is 0. The van der Waals surface area contributed by atoms with E-state index in [1.54, 1.807) is 0 Å². The maximum atomic E-state index is 5.41. The molecule has 2 heterocycles. The maximum absolute atomic E-state index is 5.41. The quantitative estimate of drug-likeness (QED) is 0.0918. The molecule has 0 saturated heterocycles. The molecule has 2 nitrogen and oxygen atoms in total. The highest BCUT2D eigenvalue weighted by atomic mass is 15.0. The second-order valence-electron chi connectivity index (χ2n) is 14.4. The smallest absolute Gasteiger partial charge is 0.0794 e. The van der Waals surface area contributed by atoms with Crippen LogP contribution in [0.1, 0.15) is 23.2 Å². The largest absolute Gasteiger partial charge is 0.313 e. The van der Waals surface area contributed by atoms with Gasteiger partial charge in [0.1, 0.15) is 0 Å².